The van der Waals surface area contributed by atoms with Crippen LogP contribution in [0.1, 0.15) is 34.1 Å². The van der Waals surface area contributed by atoms with Crippen molar-refractivity contribution in [3.63, 3.8) is 0 Å². The Kier molecular flexibility index (Phi) is 10.2. The van der Waals surface area contributed by atoms with E-state index in [-0.39, 0.29) is 40.5 Å². The largest absolute Gasteiger partial charge is 0.353 e. The summed E-state index contributed by atoms with van der Waals surface area (Å²) in [5.74, 6) is 0.598. The number of rotatable bonds is 8. The molecule has 0 aliphatic carbocycles. The lowest BCUT2D eigenvalue weighted by Gasteiger charge is -2.12. The average molecular weight is 334 g/mol. The zero-order chi connectivity index (χ0) is 16.4. The highest BCUT2D eigenvalue weighted by atomic mass is 32.2. The molecule has 0 heterocycles. The maximum Gasteiger partial charge on any atom is 0.217 e. The Morgan fingerprint density at radius 2 is 1.14 bits per heavy atom. The molecule has 0 aliphatic heterocycles. The van der Waals surface area contributed by atoms with Crippen molar-refractivity contribution in [2.45, 2.75) is 46.2 Å². The molecule has 0 aromatic rings. The van der Waals surface area contributed by atoms with Crippen LogP contribution in [0.5, 0.6) is 0 Å². The van der Waals surface area contributed by atoms with E-state index >= 15 is 0 Å². The van der Waals surface area contributed by atoms with Crippen molar-refractivity contribution in [1.82, 2.24) is 10.6 Å². The van der Waals surface area contributed by atoms with Gasteiger partial charge in [0.25, 0.3) is 0 Å². The van der Waals surface area contributed by atoms with E-state index in [2.05, 4.69) is 10.6 Å². The van der Waals surface area contributed by atoms with Crippen molar-refractivity contribution in [2.75, 3.05) is 11.5 Å². The number of carbonyl (C=O) groups excluding carboxylic acids is 4. The van der Waals surface area contributed by atoms with Gasteiger partial charge in [-0.3, -0.25) is 19.2 Å². The van der Waals surface area contributed by atoms with E-state index in [1.807, 2.05) is 0 Å². The summed E-state index contributed by atoms with van der Waals surface area (Å²) in [4.78, 5) is 44.8. The Labute approximate surface area is 133 Å². The van der Waals surface area contributed by atoms with Crippen molar-refractivity contribution < 1.29 is 19.2 Å². The van der Waals surface area contributed by atoms with Crippen LogP contribution in [-0.2, 0) is 19.2 Å². The van der Waals surface area contributed by atoms with Gasteiger partial charge in [-0.1, -0.05) is 23.5 Å². The van der Waals surface area contributed by atoms with Gasteiger partial charge >= 0.3 is 0 Å². The Bertz CT molecular complexity index is 366. The van der Waals surface area contributed by atoms with Crippen LogP contribution in [-0.4, -0.2) is 45.6 Å². The highest BCUT2D eigenvalue weighted by Crippen LogP contribution is 2.13. The van der Waals surface area contributed by atoms with Gasteiger partial charge in [0.05, 0.1) is 6.42 Å². The van der Waals surface area contributed by atoms with E-state index in [1.54, 1.807) is 13.8 Å². The second-order valence-electron chi connectivity index (χ2n) is 4.75. The summed E-state index contributed by atoms with van der Waals surface area (Å²) >= 11 is 2.08. The molecule has 2 N–H and O–H groups in total. The van der Waals surface area contributed by atoms with Crippen LogP contribution in [0.3, 0.4) is 0 Å². The van der Waals surface area contributed by atoms with Crippen molar-refractivity contribution in [1.29, 1.82) is 0 Å². The van der Waals surface area contributed by atoms with Crippen LogP contribution < -0.4 is 10.6 Å². The van der Waals surface area contributed by atoms with Gasteiger partial charge in [0.15, 0.2) is 10.2 Å². The Morgan fingerprint density at radius 1 is 0.810 bits per heavy atom. The third-order valence-electron chi connectivity index (χ3n) is 2.18. The van der Waals surface area contributed by atoms with Crippen LogP contribution in [0, 0.1) is 0 Å². The second kappa shape index (κ2) is 10.7. The van der Waals surface area contributed by atoms with Gasteiger partial charge in [-0.25, -0.2) is 0 Å². The molecule has 2 amide bonds. The van der Waals surface area contributed by atoms with E-state index in [1.165, 1.54) is 13.8 Å². The van der Waals surface area contributed by atoms with E-state index in [0.717, 1.165) is 23.5 Å². The van der Waals surface area contributed by atoms with E-state index < -0.39 is 0 Å². The number of hydrogen-bond acceptors (Lipinski definition) is 6. The van der Waals surface area contributed by atoms with Gasteiger partial charge < -0.3 is 10.6 Å². The molecular weight excluding hydrogens is 312 g/mol. The lowest BCUT2D eigenvalue weighted by atomic mass is 10.4. The van der Waals surface area contributed by atoms with Gasteiger partial charge in [-0.2, -0.15) is 0 Å². The predicted octanol–water partition coefficient (Wildman–Crippen LogP) is 0.945. The Hall–Kier alpha value is -1.02. The molecule has 0 radical (unpaired) electrons. The Balaban J connectivity index is 3.86. The van der Waals surface area contributed by atoms with Crippen LogP contribution in [0.25, 0.3) is 0 Å². The SMILES string of the molecule is CC(=O)NC(C)CSC(=O)CC(=O)SCC(C)NC(C)=O. The molecule has 8 heteroatoms. The maximum absolute atomic E-state index is 11.6. The fourth-order valence-electron chi connectivity index (χ4n) is 1.43. The zero-order valence-electron chi connectivity index (χ0n) is 12.7. The molecule has 0 spiro atoms. The molecule has 21 heavy (non-hydrogen) atoms. The molecule has 0 aliphatic rings. The fraction of sp³-hybridized carbons (Fsp3) is 0.692. The maximum atomic E-state index is 11.6. The molecule has 6 nitrogen and oxygen atoms in total. The van der Waals surface area contributed by atoms with Gasteiger partial charge in [0, 0.05) is 37.4 Å². The summed E-state index contributed by atoms with van der Waals surface area (Å²) in [6.45, 7) is 6.43. The summed E-state index contributed by atoms with van der Waals surface area (Å²) in [5.41, 5.74) is 0. The standard InChI is InChI=1S/C13H22N2O4S2/c1-8(14-10(3)16)6-20-12(18)5-13(19)21-7-9(2)15-11(4)17/h8-9H,5-7H2,1-4H3,(H,14,16)(H,15,17). The normalized spacial score (nSPS) is 13.1. The van der Waals surface area contributed by atoms with Gasteiger partial charge in [-0.15, -0.1) is 0 Å². The minimum atomic E-state index is -0.211. The first-order valence-electron chi connectivity index (χ1n) is 6.56. The van der Waals surface area contributed by atoms with Crippen molar-refractivity contribution in [3.05, 3.63) is 0 Å². The summed E-state index contributed by atoms with van der Waals surface area (Å²) in [5, 5.41) is 4.91. The lowest BCUT2D eigenvalue weighted by Crippen LogP contribution is -2.33. The van der Waals surface area contributed by atoms with Crippen molar-refractivity contribution in [3.8, 4) is 0 Å². The summed E-state index contributed by atoms with van der Waals surface area (Å²) in [7, 11) is 0. The van der Waals surface area contributed by atoms with E-state index in [4.69, 9.17) is 0 Å². The molecule has 0 fully saturated rings. The van der Waals surface area contributed by atoms with Crippen molar-refractivity contribution in [2.24, 2.45) is 0 Å². The van der Waals surface area contributed by atoms with E-state index in [0.29, 0.717) is 11.5 Å². The van der Waals surface area contributed by atoms with Crippen LogP contribution in [0.15, 0.2) is 0 Å². The number of nitrogens with one attached hydrogen (secondary N) is 2. The molecule has 120 valence electrons. The van der Waals surface area contributed by atoms with E-state index in [9.17, 15) is 19.2 Å². The molecule has 0 aromatic heterocycles. The molecule has 0 aromatic carbocycles. The average Bonchev–Trinajstić information content (AvgIpc) is 2.32. The highest BCUT2D eigenvalue weighted by molar-refractivity contribution is 8.15. The topological polar surface area (TPSA) is 92.3 Å². The Morgan fingerprint density at radius 3 is 1.43 bits per heavy atom. The molecule has 0 rings (SSSR count). The lowest BCUT2D eigenvalue weighted by molar-refractivity contribution is -0.120. The third kappa shape index (κ3) is 12.4. The highest BCUT2D eigenvalue weighted by Gasteiger charge is 2.14. The zero-order valence-corrected chi connectivity index (χ0v) is 14.4. The molecule has 0 saturated heterocycles. The molecule has 0 saturated carbocycles. The number of amides is 2. The smallest absolute Gasteiger partial charge is 0.217 e. The third-order valence-corrected chi connectivity index (χ3v) is 4.44. The number of thioether (sulfide) groups is 2. The van der Waals surface area contributed by atoms with Crippen LogP contribution in [0.4, 0.5) is 0 Å². The van der Waals surface area contributed by atoms with Gasteiger partial charge in [0.1, 0.15) is 0 Å². The van der Waals surface area contributed by atoms with Gasteiger partial charge in [-0.05, 0) is 13.8 Å². The minimum Gasteiger partial charge on any atom is -0.353 e. The minimum absolute atomic E-state index is 0.112. The fourth-order valence-corrected chi connectivity index (χ4v) is 3.03. The molecule has 0 bridgehead atoms. The molecule has 2 unspecified atom stereocenters. The first kappa shape index (κ1) is 20.0. The number of hydrogen-bond donors (Lipinski definition) is 2. The summed E-state index contributed by atoms with van der Waals surface area (Å²) < 4.78 is 0. The van der Waals surface area contributed by atoms with Crippen LogP contribution in [0.2, 0.25) is 0 Å². The molecular formula is C13H22N2O4S2. The summed E-state index contributed by atoms with van der Waals surface area (Å²) in [6, 6.07) is -0.224. The van der Waals surface area contributed by atoms with Gasteiger partial charge in [0.2, 0.25) is 11.8 Å². The number of carbonyl (C=O) groups is 4. The quantitative estimate of drug-likeness (QED) is 0.642. The second-order valence-corrected chi connectivity index (χ2v) is 6.90. The summed E-state index contributed by atoms with van der Waals surface area (Å²) in [6.07, 6.45) is -0.144. The predicted molar refractivity (Wildman–Crippen MR) is 86.1 cm³/mol. The molecule has 2 atom stereocenters. The van der Waals surface area contributed by atoms with Crippen molar-refractivity contribution >= 4 is 45.6 Å². The first-order chi connectivity index (χ1) is 9.70. The monoisotopic (exact) mass is 334 g/mol. The first-order valence-corrected chi connectivity index (χ1v) is 8.53. The van der Waals surface area contributed by atoms with Crippen LogP contribution >= 0.6 is 23.5 Å².